The topological polar surface area (TPSA) is 3.24 Å². The molecule has 0 aliphatic carbocycles. The molecule has 0 saturated carbocycles. The highest BCUT2D eigenvalue weighted by molar-refractivity contribution is 4.89. The van der Waals surface area contributed by atoms with Gasteiger partial charge in [-0.25, -0.2) is 0 Å². The van der Waals surface area contributed by atoms with E-state index in [-0.39, 0.29) is 0 Å². The van der Waals surface area contributed by atoms with E-state index in [1.807, 2.05) is 11.9 Å². The van der Waals surface area contributed by atoms with E-state index in [2.05, 4.69) is 12.5 Å². The summed E-state index contributed by atoms with van der Waals surface area (Å²) in [5.41, 5.74) is 0. The molecule has 0 aliphatic rings. The molecule has 0 saturated heterocycles. The number of rotatable bonds is 2. The van der Waals surface area contributed by atoms with E-state index in [1.54, 1.807) is 6.20 Å². The molecule has 0 amide bonds. The van der Waals surface area contributed by atoms with E-state index in [0.717, 1.165) is 0 Å². The van der Waals surface area contributed by atoms with Crippen molar-refractivity contribution in [3.8, 4) is 12.3 Å². The molecule has 0 spiro atoms. The molecular formula is C6H9N. The molecule has 0 rings (SSSR count). The Labute approximate surface area is 44.6 Å². The van der Waals surface area contributed by atoms with E-state index in [1.165, 1.54) is 0 Å². The van der Waals surface area contributed by atoms with Crippen LogP contribution in [0.3, 0.4) is 0 Å². The minimum Gasteiger partial charge on any atom is -0.370 e. The zero-order valence-electron chi connectivity index (χ0n) is 4.52. The minimum atomic E-state index is 0.642. The average Bonchev–Trinajstić information content (AvgIpc) is 1.68. The summed E-state index contributed by atoms with van der Waals surface area (Å²) in [6, 6.07) is 0. The zero-order chi connectivity index (χ0) is 5.70. The predicted octanol–water partition coefficient (Wildman–Crippen LogP) is 0.695. The van der Waals surface area contributed by atoms with Gasteiger partial charge in [-0.15, -0.1) is 6.42 Å². The second kappa shape index (κ2) is 3.30. The fraction of sp³-hybridized carbons (Fsp3) is 0.333. The predicted molar refractivity (Wildman–Crippen MR) is 31.7 cm³/mol. The molecule has 0 N–H and O–H groups in total. The largest absolute Gasteiger partial charge is 0.370 e. The third-order valence-electron chi connectivity index (χ3n) is 0.652. The van der Waals surface area contributed by atoms with Crippen molar-refractivity contribution in [3.63, 3.8) is 0 Å². The average molecular weight is 95.1 g/mol. The van der Waals surface area contributed by atoms with Gasteiger partial charge in [0.05, 0.1) is 6.54 Å². The van der Waals surface area contributed by atoms with Gasteiger partial charge >= 0.3 is 0 Å². The summed E-state index contributed by atoms with van der Waals surface area (Å²) < 4.78 is 0. The fourth-order valence-corrected chi connectivity index (χ4v) is 0.209. The Morgan fingerprint density at radius 2 is 2.57 bits per heavy atom. The van der Waals surface area contributed by atoms with Crippen LogP contribution in [0.5, 0.6) is 0 Å². The van der Waals surface area contributed by atoms with Crippen LogP contribution in [0.1, 0.15) is 0 Å². The highest BCUT2D eigenvalue weighted by Crippen LogP contribution is 1.75. The van der Waals surface area contributed by atoms with E-state index in [9.17, 15) is 0 Å². The van der Waals surface area contributed by atoms with Crippen molar-refractivity contribution in [2.75, 3.05) is 13.6 Å². The molecule has 1 heteroatoms. The van der Waals surface area contributed by atoms with Gasteiger partial charge in [0.1, 0.15) is 0 Å². The molecule has 0 aromatic heterocycles. The van der Waals surface area contributed by atoms with Crippen molar-refractivity contribution >= 4 is 0 Å². The van der Waals surface area contributed by atoms with E-state index in [0.29, 0.717) is 6.54 Å². The van der Waals surface area contributed by atoms with Crippen LogP contribution in [0.4, 0.5) is 0 Å². The van der Waals surface area contributed by atoms with Crippen LogP contribution in [0.25, 0.3) is 0 Å². The van der Waals surface area contributed by atoms with Crippen LogP contribution in [-0.4, -0.2) is 18.5 Å². The van der Waals surface area contributed by atoms with Crippen LogP contribution in [-0.2, 0) is 0 Å². The molecule has 38 valence electrons. The first-order valence-electron chi connectivity index (χ1n) is 2.07. The summed E-state index contributed by atoms with van der Waals surface area (Å²) in [6.07, 6.45) is 6.66. The van der Waals surface area contributed by atoms with Gasteiger partial charge in [0.15, 0.2) is 0 Å². The molecule has 0 aliphatic heterocycles. The lowest BCUT2D eigenvalue weighted by Crippen LogP contribution is -2.08. The smallest absolute Gasteiger partial charge is 0.0782 e. The van der Waals surface area contributed by atoms with Crippen molar-refractivity contribution in [2.24, 2.45) is 0 Å². The van der Waals surface area contributed by atoms with Gasteiger partial charge in [-0.2, -0.15) is 0 Å². The monoisotopic (exact) mass is 95.1 g/mol. The standard InChI is InChI=1S/C6H9N/c1-4-6-7(3)5-2/h1,5H,2,6H2,3H3. The number of nitrogens with zero attached hydrogens (tertiary/aromatic N) is 1. The Morgan fingerprint density at radius 3 is 2.71 bits per heavy atom. The Hall–Kier alpha value is -0.900. The summed E-state index contributed by atoms with van der Waals surface area (Å²) in [4.78, 5) is 1.83. The minimum absolute atomic E-state index is 0.642. The van der Waals surface area contributed by atoms with Gasteiger partial charge in [-0.05, 0) is 6.20 Å². The fourth-order valence-electron chi connectivity index (χ4n) is 0.209. The Bertz CT molecular complexity index is 88.8. The molecule has 0 heterocycles. The first kappa shape index (κ1) is 6.10. The maximum absolute atomic E-state index is 4.97. The van der Waals surface area contributed by atoms with E-state index >= 15 is 0 Å². The molecule has 1 nitrogen and oxygen atoms in total. The second-order valence-corrected chi connectivity index (χ2v) is 1.30. The van der Waals surface area contributed by atoms with Crippen molar-refractivity contribution in [3.05, 3.63) is 12.8 Å². The molecule has 0 bridgehead atoms. The van der Waals surface area contributed by atoms with E-state index < -0.39 is 0 Å². The highest BCUT2D eigenvalue weighted by Gasteiger charge is 1.77. The molecule has 7 heavy (non-hydrogen) atoms. The lowest BCUT2D eigenvalue weighted by atomic mass is 10.6. The summed E-state index contributed by atoms with van der Waals surface area (Å²) in [5.74, 6) is 2.47. The molecule has 0 unspecified atom stereocenters. The molecular weight excluding hydrogens is 86.1 g/mol. The SMILES string of the molecule is C#CCN(C)C=C. The van der Waals surface area contributed by atoms with Crippen LogP contribution in [0, 0.1) is 12.3 Å². The number of hydrogen-bond donors (Lipinski definition) is 0. The zero-order valence-corrected chi connectivity index (χ0v) is 4.52. The lowest BCUT2D eigenvalue weighted by molar-refractivity contribution is 0.520. The van der Waals surface area contributed by atoms with Gasteiger partial charge in [0, 0.05) is 7.05 Å². The van der Waals surface area contributed by atoms with Crippen LogP contribution in [0.2, 0.25) is 0 Å². The van der Waals surface area contributed by atoms with Gasteiger partial charge in [-0.3, -0.25) is 0 Å². The maximum atomic E-state index is 4.97. The van der Waals surface area contributed by atoms with Gasteiger partial charge < -0.3 is 4.90 Å². The summed E-state index contributed by atoms with van der Waals surface area (Å²) in [7, 11) is 1.88. The summed E-state index contributed by atoms with van der Waals surface area (Å²) in [6.45, 7) is 4.15. The van der Waals surface area contributed by atoms with Crippen LogP contribution >= 0.6 is 0 Å². The third kappa shape index (κ3) is 2.92. The van der Waals surface area contributed by atoms with Crippen LogP contribution in [0.15, 0.2) is 12.8 Å². The number of hydrogen-bond acceptors (Lipinski definition) is 1. The van der Waals surface area contributed by atoms with Crippen molar-refractivity contribution < 1.29 is 0 Å². The quantitative estimate of drug-likeness (QED) is 0.456. The summed E-state index contributed by atoms with van der Waals surface area (Å²) >= 11 is 0. The van der Waals surface area contributed by atoms with Crippen molar-refractivity contribution in [1.29, 1.82) is 0 Å². The third-order valence-corrected chi connectivity index (χ3v) is 0.652. The lowest BCUT2D eigenvalue weighted by Gasteiger charge is -2.05. The second-order valence-electron chi connectivity index (χ2n) is 1.30. The van der Waals surface area contributed by atoms with Crippen LogP contribution < -0.4 is 0 Å². The van der Waals surface area contributed by atoms with Gasteiger partial charge in [0.2, 0.25) is 0 Å². The Morgan fingerprint density at radius 1 is 2.00 bits per heavy atom. The Kier molecular flexibility index (Phi) is 2.87. The maximum Gasteiger partial charge on any atom is 0.0782 e. The summed E-state index contributed by atoms with van der Waals surface area (Å²) in [5, 5.41) is 0. The first-order valence-corrected chi connectivity index (χ1v) is 2.07. The van der Waals surface area contributed by atoms with E-state index in [4.69, 9.17) is 6.42 Å². The number of terminal acetylenes is 1. The van der Waals surface area contributed by atoms with Crippen molar-refractivity contribution in [1.82, 2.24) is 4.90 Å². The first-order chi connectivity index (χ1) is 3.31. The molecule has 0 fully saturated rings. The van der Waals surface area contributed by atoms with Crippen molar-refractivity contribution in [2.45, 2.75) is 0 Å². The van der Waals surface area contributed by atoms with Gasteiger partial charge in [0.25, 0.3) is 0 Å². The molecule has 0 radical (unpaired) electrons. The Balaban J connectivity index is 3.21. The molecule has 0 aromatic rings. The normalized spacial score (nSPS) is 6.86. The van der Waals surface area contributed by atoms with Gasteiger partial charge in [-0.1, -0.05) is 12.5 Å². The highest BCUT2D eigenvalue weighted by atomic mass is 15.1. The molecule has 0 atom stereocenters. The molecule has 0 aromatic carbocycles.